The van der Waals surface area contributed by atoms with E-state index in [1.54, 1.807) is 0 Å². The third kappa shape index (κ3) is 3.49. The van der Waals surface area contributed by atoms with E-state index in [2.05, 4.69) is 120 Å². The Morgan fingerprint density at radius 1 is 0.595 bits per heavy atom. The van der Waals surface area contributed by atoms with Gasteiger partial charge in [-0.2, -0.15) is 0 Å². The summed E-state index contributed by atoms with van der Waals surface area (Å²) in [4.78, 5) is 15.5. The SMILES string of the molecule is C1=CC2c3ccccc3N3c4ccccc4Sc4c(cccc4-c4nc5ccccc5nc4-c4ccccc4)C(=C1)C23. The lowest BCUT2D eigenvalue weighted by Crippen LogP contribution is -2.33. The van der Waals surface area contributed by atoms with Crippen molar-refractivity contribution < 1.29 is 0 Å². The Morgan fingerprint density at radius 2 is 1.29 bits per heavy atom. The largest absolute Gasteiger partial charge is 0.332 e. The van der Waals surface area contributed by atoms with Gasteiger partial charge >= 0.3 is 0 Å². The molecule has 0 saturated carbocycles. The fourth-order valence-corrected chi connectivity index (χ4v) is 8.02. The Hall–Kier alpha value is -4.93. The van der Waals surface area contributed by atoms with Crippen LogP contribution in [0.4, 0.5) is 11.4 Å². The minimum absolute atomic E-state index is 0.180. The summed E-state index contributed by atoms with van der Waals surface area (Å²) in [5.74, 6) is 0.286. The van der Waals surface area contributed by atoms with Crippen molar-refractivity contribution in [1.29, 1.82) is 0 Å². The van der Waals surface area contributed by atoms with E-state index >= 15 is 0 Å². The second kappa shape index (κ2) is 9.30. The van der Waals surface area contributed by atoms with E-state index in [1.165, 1.54) is 37.9 Å². The highest BCUT2D eigenvalue weighted by molar-refractivity contribution is 7.99. The number of rotatable bonds is 2. The summed E-state index contributed by atoms with van der Waals surface area (Å²) in [6.07, 6.45) is 6.94. The molecule has 0 amide bonds. The molecule has 3 aliphatic rings. The standard InChI is InChI=1S/C38H25N3S/c1-2-12-24(13-3-1)35-36(40-31-20-6-5-19-30(31)39-35)29-18-11-17-28-27-16-10-15-26-25-14-4-7-21-32(25)41(37(26)27)33-22-8-9-23-34(33)42-38(28)29/h1-23,26,37H. The summed E-state index contributed by atoms with van der Waals surface area (Å²) in [5, 5.41) is 0. The van der Waals surface area contributed by atoms with Gasteiger partial charge in [-0.1, -0.05) is 121 Å². The van der Waals surface area contributed by atoms with Crippen LogP contribution in [0.25, 0.3) is 39.1 Å². The van der Waals surface area contributed by atoms with Crippen LogP contribution in [0.15, 0.2) is 149 Å². The topological polar surface area (TPSA) is 29.0 Å². The number of aromatic nitrogens is 2. The maximum Gasteiger partial charge on any atom is 0.0984 e. The van der Waals surface area contributed by atoms with E-state index in [1.807, 2.05) is 36.0 Å². The van der Waals surface area contributed by atoms with E-state index in [4.69, 9.17) is 9.97 Å². The zero-order chi connectivity index (χ0) is 27.6. The highest BCUT2D eigenvalue weighted by Gasteiger charge is 2.43. The molecule has 0 N–H and O–H groups in total. The highest BCUT2D eigenvalue weighted by atomic mass is 32.2. The maximum absolute atomic E-state index is 5.30. The molecule has 2 atom stereocenters. The summed E-state index contributed by atoms with van der Waals surface area (Å²) in [5.41, 5.74) is 12.3. The summed E-state index contributed by atoms with van der Waals surface area (Å²) < 4.78 is 0. The van der Waals surface area contributed by atoms with Crippen molar-refractivity contribution in [2.24, 2.45) is 0 Å². The zero-order valence-corrected chi connectivity index (χ0v) is 23.5. The second-order valence-electron chi connectivity index (χ2n) is 10.9. The molecule has 3 heterocycles. The van der Waals surface area contributed by atoms with Gasteiger partial charge in [0.05, 0.1) is 34.2 Å². The Balaban J connectivity index is 1.34. The first-order valence-electron chi connectivity index (χ1n) is 14.3. The molecule has 0 radical (unpaired) electrons. The van der Waals surface area contributed by atoms with Crippen molar-refractivity contribution >= 4 is 39.7 Å². The predicted molar refractivity (Wildman–Crippen MR) is 173 cm³/mol. The van der Waals surface area contributed by atoms with Crippen LogP contribution in [-0.4, -0.2) is 16.0 Å². The molecule has 2 aliphatic heterocycles. The van der Waals surface area contributed by atoms with Crippen LogP contribution in [0.1, 0.15) is 17.0 Å². The summed E-state index contributed by atoms with van der Waals surface area (Å²) in [6, 6.07) is 43.2. The zero-order valence-electron chi connectivity index (χ0n) is 22.7. The Morgan fingerprint density at radius 3 is 2.14 bits per heavy atom. The van der Waals surface area contributed by atoms with Crippen LogP contribution in [0.5, 0.6) is 0 Å². The maximum atomic E-state index is 5.30. The minimum Gasteiger partial charge on any atom is -0.332 e. The molecular formula is C38H25N3S. The number of fused-ring (bicyclic) bond motifs is 8. The van der Waals surface area contributed by atoms with Gasteiger partial charge in [0, 0.05) is 32.5 Å². The van der Waals surface area contributed by atoms with E-state index in [0.717, 1.165) is 33.5 Å². The van der Waals surface area contributed by atoms with E-state index in [-0.39, 0.29) is 12.0 Å². The molecule has 42 heavy (non-hydrogen) atoms. The second-order valence-corrected chi connectivity index (χ2v) is 12.0. The van der Waals surface area contributed by atoms with Crippen LogP contribution in [0.2, 0.25) is 0 Å². The molecule has 0 spiro atoms. The molecule has 5 aromatic carbocycles. The third-order valence-electron chi connectivity index (χ3n) is 8.62. The number of anilines is 2. The Bertz CT molecular complexity index is 2100. The Labute approximate surface area is 248 Å². The first-order chi connectivity index (χ1) is 20.8. The molecule has 198 valence electrons. The lowest BCUT2D eigenvalue weighted by molar-refractivity contribution is 0.754. The van der Waals surface area contributed by atoms with Gasteiger partial charge in [-0.15, -0.1) is 0 Å². The smallest absolute Gasteiger partial charge is 0.0984 e. The lowest BCUT2D eigenvalue weighted by Gasteiger charge is -2.37. The normalized spacial score (nSPS) is 17.9. The number of hydrogen-bond acceptors (Lipinski definition) is 4. The van der Waals surface area contributed by atoms with Gasteiger partial charge in [0.1, 0.15) is 0 Å². The van der Waals surface area contributed by atoms with E-state index < -0.39 is 0 Å². The van der Waals surface area contributed by atoms with Crippen LogP contribution in [0, 0.1) is 0 Å². The van der Waals surface area contributed by atoms with Crippen molar-refractivity contribution in [1.82, 2.24) is 9.97 Å². The van der Waals surface area contributed by atoms with Crippen molar-refractivity contribution in [3.63, 3.8) is 0 Å². The minimum atomic E-state index is 0.180. The molecule has 9 rings (SSSR count). The van der Waals surface area contributed by atoms with Crippen LogP contribution in [-0.2, 0) is 0 Å². The van der Waals surface area contributed by atoms with Gasteiger partial charge in [0.2, 0.25) is 0 Å². The van der Waals surface area contributed by atoms with Gasteiger partial charge in [-0.05, 0) is 47.0 Å². The van der Waals surface area contributed by atoms with E-state index in [9.17, 15) is 0 Å². The molecule has 4 heteroatoms. The first-order valence-corrected chi connectivity index (χ1v) is 15.2. The Kier molecular flexibility index (Phi) is 5.26. The average Bonchev–Trinajstić information content (AvgIpc) is 3.39. The summed E-state index contributed by atoms with van der Waals surface area (Å²) in [7, 11) is 0. The van der Waals surface area contributed by atoms with Crippen molar-refractivity contribution in [3.05, 3.63) is 151 Å². The molecule has 0 fully saturated rings. The number of allylic oxidation sites excluding steroid dienone is 2. The van der Waals surface area contributed by atoms with Gasteiger partial charge in [0.25, 0.3) is 0 Å². The molecule has 0 saturated heterocycles. The molecule has 1 aromatic heterocycles. The van der Waals surface area contributed by atoms with Gasteiger partial charge in [-0.3, -0.25) is 0 Å². The summed E-state index contributed by atoms with van der Waals surface area (Å²) in [6.45, 7) is 0. The number of hydrogen-bond donors (Lipinski definition) is 0. The van der Waals surface area contributed by atoms with Crippen LogP contribution < -0.4 is 4.90 Å². The molecule has 2 unspecified atom stereocenters. The average molecular weight is 556 g/mol. The number of nitrogens with zero attached hydrogens (tertiary/aromatic N) is 3. The summed E-state index contributed by atoms with van der Waals surface area (Å²) >= 11 is 1.84. The predicted octanol–water partition coefficient (Wildman–Crippen LogP) is 9.69. The molecule has 6 aromatic rings. The highest BCUT2D eigenvalue weighted by Crippen LogP contribution is 2.57. The number of benzene rings is 5. The van der Waals surface area contributed by atoms with Gasteiger partial charge in [-0.25, -0.2) is 9.97 Å². The van der Waals surface area contributed by atoms with Crippen LogP contribution in [0.3, 0.4) is 0 Å². The van der Waals surface area contributed by atoms with Gasteiger partial charge < -0.3 is 4.90 Å². The van der Waals surface area contributed by atoms with E-state index in [0.29, 0.717) is 0 Å². The monoisotopic (exact) mass is 555 g/mol. The molecule has 1 aliphatic carbocycles. The fraction of sp³-hybridized carbons (Fsp3) is 0.0526. The van der Waals surface area contributed by atoms with Crippen molar-refractivity contribution in [2.45, 2.75) is 21.8 Å². The molecular weight excluding hydrogens is 531 g/mol. The van der Waals surface area contributed by atoms with Gasteiger partial charge in [0.15, 0.2) is 0 Å². The molecule has 0 bridgehead atoms. The van der Waals surface area contributed by atoms with Crippen molar-refractivity contribution in [3.8, 4) is 22.5 Å². The molecule has 3 nitrogen and oxygen atoms in total. The number of para-hydroxylation sites is 4. The quantitative estimate of drug-likeness (QED) is 0.213. The lowest BCUT2D eigenvalue weighted by atomic mass is 9.82. The van der Waals surface area contributed by atoms with Crippen LogP contribution >= 0.6 is 11.8 Å². The third-order valence-corrected chi connectivity index (χ3v) is 9.83. The van der Waals surface area contributed by atoms with Crippen molar-refractivity contribution in [2.75, 3.05) is 4.90 Å². The fourth-order valence-electron chi connectivity index (χ4n) is 6.82. The first kappa shape index (κ1) is 23.7.